The van der Waals surface area contributed by atoms with E-state index in [0.29, 0.717) is 12.2 Å². The SMILES string of the molecule is Nc1cc(F)c(Br)nc1C(=O)Nc1cnccc1N1CCC[C@H](N)C1. The third-order valence-electron chi connectivity index (χ3n) is 4.02. The van der Waals surface area contributed by atoms with Crippen molar-refractivity contribution in [2.24, 2.45) is 5.73 Å². The average molecular weight is 409 g/mol. The zero-order valence-electron chi connectivity index (χ0n) is 13.4. The van der Waals surface area contributed by atoms with E-state index in [4.69, 9.17) is 11.5 Å². The first-order valence-corrected chi connectivity index (χ1v) is 8.62. The van der Waals surface area contributed by atoms with Gasteiger partial charge >= 0.3 is 0 Å². The van der Waals surface area contributed by atoms with E-state index in [1.54, 1.807) is 12.4 Å². The molecule has 2 aromatic heterocycles. The lowest BCUT2D eigenvalue weighted by Crippen LogP contribution is -2.43. The maximum absolute atomic E-state index is 13.4. The van der Waals surface area contributed by atoms with Gasteiger partial charge in [0, 0.05) is 31.4 Å². The molecule has 1 fully saturated rings. The van der Waals surface area contributed by atoms with Crippen LogP contribution >= 0.6 is 15.9 Å². The van der Waals surface area contributed by atoms with Gasteiger partial charge in [0.1, 0.15) is 4.60 Å². The van der Waals surface area contributed by atoms with Crippen LogP contribution in [-0.2, 0) is 0 Å². The average Bonchev–Trinajstić information content (AvgIpc) is 2.58. The van der Waals surface area contributed by atoms with E-state index < -0.39 is 11.7 Å². The molecule has 5 N–H and O–H groups in total. The minimum Gasteiger partial charge on any atom is -0.397 e. The van der Waals surface area contributed by atoms with Crippen molar-refractivity contribution in [1.82, 2.24) is 9.97 Å². The van der Waals surface area contributed by atoms with Gasteiger partial charge in [0.05, 0.1) is 23.3 Å². The Bertz CT molecular complexity index is 802. The molecule has 7 nitrogen and oxygen atoms in total. The molecular weight excluding hydrogens is 391 g/mol. The lowest BCUT2D eigenvalue weighted by Gasteiger charge is -2.33. The van der Waals surface area contributed by atoms with Gasteiger partial charge in [0.15, 0.2) is 11.5 Å². The van der Waals surface area contributed by atoms with Crippen molar-refractivity contribution in [1.29, 1.82) is 0 Å². The van der Waals surface area contributed by atoms with E-state index >= 15 is 0 Å². The highest BCUT2D eigenvalue weighted by atomic mass is 79.9. The molecule has 3 rings (SSSR count). The van der Waals surface area contributed by atoms with E-state index in [1.165, 1.54) is 0 Å². The van der Waals surface area contributed by atoms with E-state index in [2.05, 4.69) is 36.1 Å². The Hall–Kier alpha value is -2.26. The van der Waals surface area contributed by atoms with Crippen LogP contribution in [0.15, 0.2) is 29.1 Å². The highest BCUT2D eigenvalue weighted by Gasteiger charge is 2.21. The quantitative estimate of drug-likeness (QED) is 0.670. The minimum atomic E-state index is -0.626. The molecule has 1 aliphatic heterocycles. The summed E-state index contributed by atoms with van der Waals surface area (Å²) in [7, 11) is 0. The Balaban J connectivity index is 1.86. The van der Waals surface area contributed by atoms with Crippen LogP contribution in [0.2, 0.25) is 0 Å². The van der Waals surface area contributed by atoms with Crippen LogP contribution in [0, 0.1) is 5.82 Å². The number of hydrogen-bond acceptors (Lipinski definition) is 6. The van der Waals surface area contributed by atoms with Crippen LogP contribution in [0.3, 0.4) is 0 Å². The standard InChI is InChI=1S/C16H18BrFN6O/c17-15-10(18)6-11(20)14(23-15)16(25)22-12-7-21-4-3-13(12)24-5-1-2-9(19)8-24/h3-4,6-7,9H,1-2,5,8,19-20H2,(H,22,25)/t9-/m0/s1. The number of piperidine rings is 1. The third-order valence-corrected chi connectivity index (χ3v) is 4.58. The number of halogens is 2. The van der Waals surface area contributed by atoms with Gasteiger partial charge in [0.2, 0.25) is 0 Å². The highest BCUT2D eigenvalue weighted by Crippen LogP contribution is 2.28. The van der Waals surface area contributed by atoms with Crippen LogP contribution < -0.4 is 21.7 Å². The van der Waals surface area contributed by atoms with Gasteiger partial charge in [-0.25, -0.2) is 9.37 Å². The maximum atomic E-state index is 13.4. The third kappa shape index (κ3) is 3.88. The van der Waals surface area contributed by atoms with Crippen molar-refractivity contribution in [2.75, 3.05) is 29.0 Å². The van der Waals surface area contributed by atoms with Crippen molar-refractivity contribution in [2.45, 2.75) is 18.9 Å². The molecule has 25 heavy (non-hydrogen) atoms. The van der Waals surface area contributed by atoms with Crippen molar-refractivity contribution >= 4 is 38.9 Å². The first kappa shape index (κ1) is 17.6. The molecule has 0 bridgehead atoms. The van der Waals surface area contributed by atoms with Crippen molar-refractivity contribution in [3.8, 4) is 0 Å². The van der Waals surface area contributed by atoms with Gasteiger partial charge in [-0.2, -0.15) is 0 Å². The van der Waals surface area contributed by atoms with E-state index in [-0.39, 0.29) is 22.0 Å². The number of carbonyl (C=O) groups is 1. The minimum absolute atomic E-state index is 0.0383. The molecule has 132 valence electrons. The van der Waals surface area contributed by atoms with Crippen molar-refractivity contribution in [3.63, 3.8) is 0 Å². The topological polar surface area (TPSA) is 110 Å². The van der Waals surface area contributed by atoms with E-state index in [1.807, 2.05) is 6.07 Å². The lowest BCUT2D eigenvalue weighted by molar-refractivity contribution is 0.102. The molecule has 2 aromatic rings. The van der Waals surface area contributed by atoms with Crippen LogP contribution in [-0.4, -0.2) is 35.0 Å². The van der Waals surface area contributed by atoms with Crippen molar-refractivity contribution < 1.29 is 9.18 Å². The van der Waals surface area contributed by atoms with Gasteiger partial charge in [-0.15, -0.1) is 0 Å². The number of nitrogens with two attached hydrogens (primary N) is 2. The molecular formula is C16H18BrFN6O. The van der Waals surface area contributed by atoms with Crippen molar-refractivity contribution in [3.05, 3.63) is 40.6 Å². The summed E-state index contributed by atoms with van der Waals surface area (Å²) >= 11 is 2.96. The molecule has 1 saturated heterocycles. The molecule has 3 heterocycles. The van der Waals surface area contributed by atoms with Crippen LogP contribution in [0.25, 0.3) is 0 Å². The molecule has 0 radical (unpaired) electrons. The summed E-state index contributed by atoms with van der Waals surface area (Å²) in [5, 5.41) is 2.76. The second-order valence-electron chi connectivity index (χ2n) is 5.89. The number of aromatic nitrogens is 2. The van der Waals surface area contributed by atoms with Crippen LogP contribution in [0.1, 0.15) is 23.3 Å². The molecule has 0 aliphatic carbocycles. The van der Waals surface area contributed by atoms with Gasteiger partial charge < -0.3 is 21.7 Å². The van der Waals surface area contributed by atoms with Gasteiger partial charge in [-0.05, 0) is 34.8 Å². The number of amides is 1. The maximum Gasteiger partial charge on any atom is 0.276 e. The lowest BCUT2D eigenvalue weighted by atomic mass is 10.1. The molecule has 1 amide bonds. The van der Waals surface area contributed by atoms with E-state index in [9.17, 15) is 9.18 Å². The first-order chi connectivity index (χ1) is 12.0. The molecule has 9 heteroatoms. The summed E-state index contributed by atoms with van der Waals surface area (Å²) in [5.74, 6) is -1.16. The number of nitrogen functional groups attached to an aromatic ring is 1. The molecule has 1 atom stereocenters. The number of nitrogens with zero attached hydrogens (tertiary/aromatic N) is 3. The monoisotopic (exact) mass is 408 g/mol. The Morgan fingerprint density at radius 2 is 2.28 bits per heavy atom. The Morgan fingerprint density at radius 1 is 1.48 bits per heavy atom. The Labute approximate surface area is 152 Å². The zero-order chi connectivity index (χ0) is 18.0. The number of hydrogen-bond donors (Lipinski definition) is 3. The van der Waals surface area contributed by atoms with Gasteiger partial charge in [-0.1, -0.05) is 0 Å². The van der Waals surface area contributed by atoms with E-state index in [0.717, 1.165) is 31.1 Å². The largest absolute Gasteiger partial charge is 0.397 e. The predicted octanol–water partition coefficient (Wildman–Crippen LogP) is 2.14. The first-order valence-electron chi connectivity index (χ1n) is 7.83. The highest BCUT2D eigenvalue weighted by molar-refractivity contribution is 9.10. The van der Waals surface area contributed by atoms with Gasteiger partial charge in [-0.3, -0.25) is 9.78 Å². The Morgan fingerprint density at radius 3 is 3.04 bits per heavy atom. The summed E-state index contributed by atoms with van der Waals surface area (Å²) in [6, 6.07) is 2.97. The smallest absolute Gasteiger partial charge is 0.276 e. The van der Waals surface area contributed by atoms with Crippen LogP contribution in [0.5, 0.6) is 0 Å². The van der Waals surface area contributed by atoms with Crippen LogP contribution in [0.4, 0.5) is 21.5 Å². The fraction of sp³-hybridized carbons (Fsp3) is 0.312. The zero-order valence-corrected chi connectivity index (χ0v) is 15.0. The predicted molar refractivity (Wildman–Crippen MR) is 97.9 cm³/mol. The number of pyridine rings is 2. The number of carbonyl (C=O) groups excluding carboxylic acids is 1. The molecule has 0 spiro atoms. The normalized spacial score (nSPS) is 17.4. The summed E-state index contributed by atoms with van der Waals surface area (Å²) in [6.45, 7) is 1.55. The summed E-state index contributed by atoms with van der Waals surface area (Å²) in [6.07, 6.45) is 5.18. The fourth-order valence-corrected chi connectivity index (χ4v) is 3.12. The molecule has 0 saturated carbocycles. The fourth-order valence-electron chi connectivity index (χ4n) is 2.83. The summed E-state index contributed by atoms with van der Waals surface area (Å²) < 4.78 is 13.4. The number of nitrogens with one attached hydrogen (secondary N) is 1. The number of rotatable bonds is 3. The Kier molecular flexibility index (Phi) is 5.14. The number of anilines is 3. The molecule has 0 aromatic carbocycles. The molecule has 1 aliphatic rings. The summed E-state index contributed by atoms with van der Waals surface area (Å²) in [4.78, 5) is 22.6. The molecule has 0 unspecified atom stereocenters. The van der Waals surface area contributed by atoms with Gasteiger partial charge in [0.25, 0.3) is 5.91 Å². The second kappa shape index (κ2) is 7.32. The second-order valence-corrected chi connectivity index (χ2v) is 6.65. The summed E-state index contributed by atoms with van der Waals surface area (Å²) in [5.41, 5.74) is 13.0.